The average molecular weight is 285 g/mol. The minimum absolute atomic E-state index is 0.719. The van der Waals surface area contributed by atoms with Crippen molar-refractivity contribution < 1.29 is 0 Å². The zero-order chi connectivity index (χ0) is 14.0. The largest absolute Gasteiger partial charge is 0.154 e. The van der Waals surface area contributed by atoms with Gasteiger partial charge in [-0.25, -0.2) is 0 Å². The number of benzene rings is 1. The Kier molecular flexibility index (Phi) is 10.8. The second-order valence-electron chi connectivity index (χ2n) is 4.54. The van der Waals surface area contributed by atoms with E-state index in [4.69, 9.17) is 0 Å². The lowest BCUT2D eigenvalue weighted by Gasteiger charge is -2.07. The van der Waals surface area contributed by atoms with E-state index in [1.54, 1.807) is 0 Å². The third kappa shape index (κ3) is 8.93. The maximum absolute atomic E-state index is 2.27. The first kappa shape index (κ1) is 17.9. The molecule has 0 amide bonds. The van der Waals surface area contributed by atoms with E-state index >= 15 is 0 Å². The Morgan fingerprint density at radius 2 is 1.00 bits per heavy atom. The molecule has 0 saturated carbocycles. The number of thioether (sulfide) groups is 2. The Bertz CT molecular complexity index is 257. The molecule has 0 aliphatic heterocycles. The van der Waals surface area contributed by atoms with Gasteiger partial charge in [-0.05, 0) is 21.6 Å². The van der Waals surface area contributed by atoms with Crippen molar-refractivity contribution in [3.05, 3.63) is 35.4 Å². The van der Waals surface area contributed by atoms with Gasteiger partial charge in [-0.15, -0.1) is 0 Å². The van der Waals surface area contributed by atoms with E-state index in [0.29, 0.717) is 0 Å². The number of hydrogen-bond donors (Lipinski definition) is 0. The molecule has 104 valence electrons. The highest BCUT2D eigenvalue weighted by molar-refractivity contribution is 7.99. The fourth-order valence-corrected chi connectivity index (χ4v) is 2.69. The maximum Gasteiger partial charge on any atom is 0.0187 e. The minimum Gasteiger partial charge on any atom is -0.154 e. The minimum atomic E-state index is 0.719. The van der Waals surface area contributed by atoms with Crippen molar-refractivity contribution >= 4 is 23.5 Å². The van der Waals surface area contributed by atoms with Crippen molar-refractivity contribution in [1.82, 2.24) is 0 Å². The average Bonchev–Trinajstić information content (AvgIpc) is 2.37. The summed E-state index contributed by atoms with van der Waals surface area (Å²) >= 11 is 4.01. The second-order valence-corrected chi connectivity index (χ2v) is 7.67. The molecule has 1 aromatic rings. The topological polar surface area (TPSA) is 0 Å². The van der Waals surface area contributed by atoms with Crippen LogP contribution in [0.3, 0.4) is 0 Å². The van der Waals surface area contributed by atoms with Crippen molar-refractivity contribution in [3.63, 3.8) is 0 Å². The monoisotopic (exact) mass is 284 g/mol. The maximum atomic E-state index is 2.27. The van der Waals surface area contributed by atoms with Gasteiger partial charge in [0, 0.05) is 11.5 Å². The van der Waals surface area contributed by atoms with Gasteiger partial charge < -0.3 is 0 Å². The quantitative estimate of drug-likeness (QED) is 0.628. The Hall–Kier alpha value is -0.0800. The van der Waals surface area contributed by atoms with Crippen molar-refractivity contribution in [2.24, 2.45) is 0 Å². The van der Waals surface area contributed by atoms with Gasteiger partial charge in [-0.3, -0.25) is 0 Å². The van der Waals surface area contributed by atoms with Crippen LogP contribution in [0.25, 0.3) is 0 Å². The molecule has 0 saturated heterocycles. The predicted octanol–water partition coefficient (Wildman–Crippen LogP) is 6.00. The summed E-state index contributed by atoms with van der Waals surface area (Å²) in [7, 11) is 0. The molecular formula is C16H28S2. The highest BCUT2D eigenvalue weighted by Gasteiger charge is 1.99. The van der Waals surface area contributed by atoms with E-state index in [9.17, 15) is 0 Å². The van der Waals surface area contributed by atoms with Gasteiger partial charge in [0.1, 0.15) is 0 Å². The first-order chi connectivity index (χ1) is 8.58. The van der Waals surface area contributed by atoms with Gasteiger partial charge in [-0.1, -0.05) is 65.8 Å². The number of hydrogen-bond acceptors (Lipinski definition) is 2. The van der Waals surface area contributed by atoms with Crippen LogP contribution in [-0.2, 0) is 11.5 Å². The summed E-state index contributed by atoms with van der Waals surface area (Å²) in [6.07, 6.45) is 0. The van der Waals surface area contributed by atoms with Gasteiger partial charge in [0.05, 0.1) is 0 Å². The standard InChI is InChI=1S/C14H22S2.C2H6/c1-11(2)15-9-13-5-7-14(8-6-13)10-16-12(3)4;1-2/h5-8,11-12H,9-10H2,1-4H3;1-2H3. The van der Waals surface area contributed by atoms with Crippen LogP contribution >= 0.6 is 23.5 Å². The molecule has 0 aliphatic carbocycles. The van der Waals surface area contributed by atoms with Crippen LogP contribution in [0.5, 0.6) is 0 Å². The summed E-state index contributed by atoms with van der Waals surface area (Å²) in [5.74, 6) is 2.27. The van der Waals surface area contributed by atoms with Crippen LogP contribution in [0, 0.1) is 0 Å². The molecule has 2 heteroatoms. The first-order valence-corrected chi connectivity index (χ1v) is 8.98. The molecule has 0 aromatic heterocycles. The second kappa shape index (κ2) is 10.8. The van der Waals surface area contributed by atoms with Crippen LogP contribution in [-0.4, -0.2) is 10.5 Å². The molecule has 0 heterocycles. The van der Waals surface area contributed by atoms with E-state index in [0.717, 1.165) is 22.0 Å². The summed E-state index contributed by atoms with van der Waals surface area (Å²) in [5, 5.41) is 1.44. The molecule has 0 N–H and O–H groups in total. The summed E-state index contributed by atoms with van der Waals surface area (Å²) in [4.78, 5) is 0. The third-order valence-corrected chi connectivity index (χ3v) is 4.52. The lowest BCUT2D eigenvalue weighted by atomic mass is 10.2. The molecule has 0 unspecified atom stereocenters. The van der Waals surface area contributed by atoms with E-state index in [1.807, 2.05) is 37.4 Å². The molecule has 0 aliphatic rings. The van der Waals surface area contributed by atoms with Crippen molar-refractivity contribution in [3.8, 4) is 0 Å². The van der Waals surface area contributed by atoms with Crippen LogP contribution in [0.1, 0.15) is 52.7 Å². The molecule has 0 atom stereocenters. The van der Waals surface area contributed by atoms with E-state index < -0.39 is 0 Å². The Morgan fingerprint density at radius 3 is 1.22 bits per heavy atom. The van der Waals surface area contributed by atoms with Crippen molar-refractivity contribution in [2.45, 2.75) is 63.5 Å². The Morgan fingerprint density at radius 1 is 0.722 bits per heavy atom. The molecule has 1 rings (SSSR count). The Balaban J connectivity index is 0.00000137. The third-order valence-electron chi connectivity index (χ3n) is 2.19. The smallest absolute Gasteiger partial charge is 0.0187 e. The fraction of sp³-hybridized carbons (Fsp3) is 0.625. The van der Waals surface area contributed by atoms with Gasteiger partial charge in [0.25, 0.3) is 0 Å². The van der Waals surface area contributed by atoms with E-state index in [1.165, 1.54) is 11.1 Å². The number of rotatable bonds is 6. The molecule has 0 bridgehead atoms. The van der Waals surface area contributed by atoms with Gasteiger partial charge in [-0.2, -0.15) is 23.5 Å². The zero-order valence-electron chi connectivity index (χ0n) is 12.7. The highest BCUT2D eigenvalue weighted by Crippen LogP contribution is 2.20. The van der Waals surface area contributed by atoms with Gasteiger partial charge >= 0.3 is 0 Å². The van der Waals surface area contributed by atoms with Crippen LogP contribution in [0.4, 0.5) is 0 Å². The summed E-state index contributed by atoms with van der Waals surface area (Å²) in [6.45, 7) is 13.0. The SMILES string of the molecule is CC.CC(C)SCc1ccc(CSC(C)C)cc1. The molecule has 1 aromatic carbocycles. The highest BCUT2D eigenvalue weighted by atomic mass is 32.2. The van der Waals surface area contributed by atoms with Crippen LogP contribution in [0.2, 0.25) is 0 Å². The summed E-state index contributed by atoms with van der Waals surface area (Å²) in [5.41, 5.74) is 2.88. The summed E-state index contributed by atoms with van der Waals surface area (Å²) < 4.78 is 0. The lowest BCUT2D eigenvalue weighted by molar-refractivity contribution is 1.10. The molecule has 0 radical (unpaired) electrons. The van der Waals surface area contributed by atoms with Gasteiger partial charge in [0.2, 0.25) is 0 Å². The molecule has 0 fully saturated rings. The molecule has 0 spiro atoms. The molecule has 18 heavy (non-hydrogen) atoms. The zero-order valence-corrected chi connectivity index (χ0v) is 14.3. The van der Waals surface area contributed by atoms with Crippen molar-refractivity contribution in [1.29, 1.82) is 0 Å². The predicted molar refractivity (Wildman–Crippen MR) is 90.7 cm³/mol. The lowest BCUT2D eigenvalue weighted by Crippen LogP contribution is -1.91. The van der Waals surface area contributed by atoms with Crippen LogP contribution in [0.15, 0.2) is 24.3 Å². The van der Waals surface area contributed by atoms with Crippen molar-refractivity contribution in [2.75, 3.05) is 0 Å². The normalized spacial score (nSPS) is 10.4. The van der Waals surface area contributed by atoms with Crippen LogP contribution < -0.4 is 0 Å². The fourth-order valence-electron chi connectivity index (χ4n) is 1.26. The van der Waals surface area contributed by atoms with E-state index in [-0.39, 0.29) is 0 Å². The molecular weight excluding hydrogens is 256 g/mol. The molecule has 0 nitrogen and oxygen atoms in total. The Labute approximate surface area is 122 Å². The summed E-state index contributed by atoms with van der Waals surface area (Å²) in [6, 6.07) is 9.08. The van der Waals surface area contributed by atoms with Gasteiger partial charge in [0.15, 0.2) is 0 Å². The first-order valence-electron chi connectivity index (χ1n) is 6.89. The van der Waals surface area contributed by atoms with E-state index in [2.05, 4.69) is 52.0 Å².